The van der Waals surface area contributed by atoms with Gasteiger partial charge in [0.25, 0.3) is 5.91 Å². The van der Waals surface area contributed by atoms with E-state index in [0.29, 0.717) is 17.9 Å². The number of amides is 2. The average molecular weight is 363 g/mol. The van der Waals surface area contributed by atoms with Crippen LogP contribution < -0.4 is 10.6 Å². The van der Waals surface area contributed by atoms with Crippen molar-refractivity contribution in [1.82, 2.24) is 10.6 Å². The first kappa shape index (κ1) is 18.9. The number of nitriles is 1. The summed E-state index contributed by atoms with van der Waals surface area (Å²) in [4.78, 5) is 25.5. The Morgan fingerprint density at radius 2 is 1.81 bits per heavy atom. The molecule has 0 spiro atoms. The van der Waals surface area contributed by atoms with Gasteiger partial charge in [0.15, 0.2) is 0 Å². The first-order chi connectivity index (χ1) is 13.2. The molecule has 1 saturated carbocycles. The lowest BCUT2D eigenvalue weighted by atomic mass is 9.84. The van der Waals surface area contributed by atoms with Crippen molar-refractivity contribution >= 4 is 22.6 Å². The summed E-state index contributed by atoms with van der Waals surface area (Å²) in [7, 11) is 0. The molecule has 27 heavy (non-hydrogen) atoms. The maximum absolute atomic E-state index is 12.9. The smallest absolute Gasteiger partial charge is 0.252 e. The fraction of sp³-hybridized carbons (Fsp3) is 0.409. The van der Waals surface area contributed by atoms with Crippen LogP contribution in [0.4, 0.5) is 0 Å². The number of rotatable bonds is 6. The van der Waals surface area contributed by atoms with Gasteiger partial charge in [-0.15, -0.1) is 0 Å². The van der Waals surface area contributed by atoms with Crippen LogP contribution in [0.15, 0.2) is 42.5 Å². The van der Waals surface area contributed by atoms with E-state index in [1.807, 2.05) is 42.5 Å². The lowest BCUT2D eigenvalue weighted by molar-refractivity contribution is -0.123. The van der Waals surface area contributed by atoms with E-state index in [0.717, 1.165) is 23.6 Å². The fourth-order valence-corrected chi connectivity index (χ4v) is 3.90. The molecule has 2 amide bonds. The third-order valence-electron chi connectivity index (χ3n) is 5.29. The molecule has 0 saturated heterocycles. The quantitative estimate of drug-likeness (QED) is 0.770. The van der Waals surface area contributed by atoms with Crippen LogP contribution >= 0.6 is 0 Å². The van der Waals surface area contributed by atoms with Gasteiger partial charge in [0, 0.05) is 5.56 Å². The summed E-state index contributed by atoms with van der Waals surface area (Å²) in [6.07, 6.45) is 6.39. The minimum absolute atomic E-state index is 0.0515. The maximum atomic E-state index is 12.9. The summed E-state index contributed by atoms with van der Waals surface area (Å²) < 4.78 is 0. The zero-order valence-electron chi connectivity index (χ0n) is 15.4. The van der Waals surface area contributed by atoms with Gasteiger partial charge >= 0.3 is 0 Å². The molecule has 5 heteroatoms. The van der Waals surface area contributed by atoms with E-state index < -0.39 is 6.04 Å². The molecule has 1 atom stereocenters. The third kappa shape index (κ3) is 4.85. The Morgan fingerprint density at radius 3 is 2.59 bits per heavy atom. The lowest BCUT2D eigenvalue weighted by Gasteiger charge is -2.26. The number of hydrogen-bond donors (Lipinski definition) is 2. The molecule has 0 aliphatic heterocycles. The van der Waals surface area contributed by atoms with E-state index in [2.05, 4.69) is 10.6 Å². The van der Waals surface area contributed by atoms with Gasteiger partial charge in [0.1, 0.15) is 12.6 Å². The SMILES string of the molecule is N#CCNC(=O)C(CC1CCCCC1)NC(=O)c1cccc2ccccc12. The zero-order chi connectivity index (χ0) is 19.1. The Bertz CT molecular complexity index is 845. The summed E-state index contributed by atoms with van der Waals surface area (Å²) in [6, 6.07) is 14.6. The maximum Gasteiger partial charge on any atom is 0.252 e. The van der Waals surface area contributed by atoms with Crippen LogP contribution in [0, 0.1) is 17.2 Å². The van der Waals surface area contributed by atoms with Crippen molar-refractivity contribution < 1.29 is 9.59 Å². The zero-order valence-corrected chi connectivity index (χ0v) is 15.4. The van der Waals surface area contributed by atoms with E-state index in [1.165, 1.54) is 19.3 Å². The monoisotopic (exact) mass is 363 g/mol. The Balaban J connectivity index is 1.78. The van der Waals surface area contributed by atoms with E-state index in [1.54, 1.807) is 6.07 Å². The molecular formula is C22H25N3O2. The molecule has 2 aromatic rings. The van der Waals surface area contributed by atoms with E-state index in [4.69, 9.17) is 5.26 Å². The molecule has 140 valence electrons. The van der Waals surface area contributed by atoms with Crippen LogP contribution in [0.2, 0.25) is 0 Å². The molecule has 0 heterocycles. The van der Waals surface area contributed by atoms with Gasteiger partial charge in [-0.1, -0.05) is 68.5 Å². The molecule has 1 aliphatic carbocycles. The Kier molecular flexibility index (Phi) is 6.43. The van der Waals surface area contributed by atoms with Crippen molar-refractivity contribution in [2.45, 2.75) is 44.6 Å². The van der Waals surface area contributed by atoms with Crippen molar-refractivity contribution in [1.29, 1.82) is 5.26 Å². The fourth-order valence-electron chi connectivity index (χ4n) is 3.90. The van der Waals surface area contributed by atoms with Gasteiger partial charge in [0.05, 0.1) is 6.07 Å². The van der Waals surface area contributed by atoms with Gasteiger partial charge in [-0.25, -0.2) is 0 Å². The molecule has 0 aromatic heterocycles. The molecule has 3 rings (SSSR count). The molecule has 0 bridgehead atoms. The van der Waals surface area contributed by atoms with Gasteiger partial charge < -0.3 is 10.6 Å². The number of carbonyl (C=O) groups excluding carboxylic acids is 2. The van der Waals surface area contributed by atoms with Crippen molar-refractivity contribution in [2.75, 3.05) is 6.54 Å². The number of fused-ring (bicyclic) bond motifs is 1. The molecule has 2 N–H and O–H groups in total. The van der Waals surface area contributed by atoms with Crippen LogP contribution in [0.1, 0.15) is 48.9 Å². The lowest BCUT2D eigenvalue weighted by Crippen LogP contribution is -2.48. The summed E-state index contributed by atoms with van der Waals surface area (Å²) in [5.41, 5.74) is 0.565. The Hall–Kier alpha value is -2.87. The van der Waals surface area contributed by atoms with Crippen LogP contribution in [0.3, 0.4) is 0 Å². The third-order valence-corrected chi connectivity index (χ3v) is 5.29. The first-order valence-electron chi connectivity index (χ1n) is 9.62. The van der Waals surface area contributed by atoms with Crippen molar-refractivity contribution in [3.8, 4) is 6.07 Å². The predicted molar refractivity (Wildman–Crippen MR) is 105 cm³/mol. The molecule has 1 aliphatic rings. The average Bonchev–Trinajstić information content (AvgIpc) is 2.71. The van der Waals surface area contributed by atoms with Crippen LogP contribution in [0.5, 0.6) is 0 Å². The first-order valence-corrected chi connectivity index (χ1v) is 9.62. The van der Waals surface area contributed by atoms with Crippen LogP contribution in [-0.4, -0.2) is 24.4 Å². The second-order valence-electron chi connectivity index (χ2n) is 7.17. The Labute approximate surface area is 159 Å². The van der Waals surface area contributed by atoms with E-state index in [-0.39, 0.29) is 18.4 Å². The molecule has 5 nitrogen and oxygen atoms in total. The van der Waals surface area contributed by atoms with E-state index in [9.17, 15) is 9.59 Å². The number of carbonyl (C=O) groups is 2. The van der Waals surface area contributed by atoms with Gasteiger partial charge in [-0.05, 0) is 29.2 Å². The van der Waals surface area contributed by atoms with Crippen LogP contribution in [-0.2, 0) is 4.79 Å². The highest BCUT2D eigenvalue weighted by Gasteiger charge is 2.26. The summed E-state index contributed by atoms with van der Waals surface area (Å²) in [6.45, 7) is -0.0515. The highest BCUT2D eigenvalue weighted by molar-refractivity contribution is 6.08. The van der Waals surface area contributed by atoms with Gasteiger partial charge in [-0.2, -0.15) is 5.26 Å². The molecule has 1 unspecified atom stereocenters. The predicted octanol–water partition coefficient (Wildman–Crippen LogP) is 3.55. The second kappa shape index (κ2) is 9.18. The number of hydrogen-bond acceptors (Lipinski definition) is 3. The highest BCUT2D eigenvalue weighted by Crippen LogP contribution is 2.27. The largest absolute Gasteiger partial charge is 0.341 e. The molecular weight excluding hydrogens is 338 g/mol. The normalized spacial score (nSPS) is 15.7. The topological polar surface area (TPSA) is 82.0 Å². The number of nitrogens with one attached hydrogen (secondary N) is 2. The standard InChI is InChI=1S/C22H25N3O2/c23-13-14-24-22(27)20(15-16-7-2-1-3-8-16)25-21(26)19-12-6-10-17-9-4-5-11-18(17)19/h4-6,9-12,16,20H,1-3,7-8,14-15H2,(H,24,27)(H,25,26). The highest BCUT2D eigenvalue weighted by atomic mass is 16.2. The minimum atomic E-state index is -0.618. The van der Waals surface area contributed by atoms with Crippen molar-refractivity contribution in [3.63, 3.8) is 0 Å². The van der Waals surface area contributed by atoms with Crippen LogP contribution in [0.25, 0.3) is 10.8 Å². The Morgan fingerprint density at radius 1 is 1.07 bits per heavy atom. The molecule has 1 fully saturated rings. The molecule has 0 radical (unpaired) electrons. The number of nitrogens with zero attached hydrogens (tertiary/aromatic N) is 1. The van der Waals surface area contributed by atoms with Gasteiger partial charge in [-0.3, -0.25) is 9.59 Å². The summed E-state index contributed by atoms with van der Waals surface area (Å²) in [5.74, 6) is -0.0974. The molecule has 2 aromatic carbocycles. The van der Waals surface area contributed by atoms with E-state index >= 15 is 0 Å². The second-order valence-corrected chi connectivity index (χ2v) is 7.17. The van der Waals surface area contributed by atoms with Gasteiger partial charge in [0.2, 0.25) is 5.91 Å². The minimum Gasteiger partial charge on any atom is -0.341 e. The summed E-state index contributed by atoms with van der Waals surface area (Å²) in [5, 5.41) is 16.1. The number of benzene rings is 2. The van der Waals surface area contributed by atoms with Crippen molar-refractivity contribution in [3.05, 3.63) is 48.0 Å². The summed E-state index contributed by atoms with van der Waals surface area (Å²) >= 11 is 0. The van der Waals surface area contributed by atoms with Crippen molar-refractivity contribution in [2.24, 2.45) is 5.92 Å².